The average molecular weight is 391 g/mol. The van der Waals surface area contributed by atoms with Crippen molar-refractivity contribution in [1.82, 2.24) is 25.8 Å². The lowest BCUT2D eigenvalue weighted by molar-refractivity contribution is 0.580. The number of hydrogen-bond acceptors (Lipinski definition) is 8. The van der Waals surface area contributed by atoms with Crippen LogP contribution in [-0.4, -0.2) is 67.5 Å². The monoisotopic (exact) mass is 391 g/mol. The molecule has 0 unspecified atom stereocenters. The molecule has 0 atom stereocenters. The van der Waals surface area contributed by atoms with E-state index >= 15 is 0 Å². The fraction of sp³-hybridized carbons (Fsp3) is 0.381. The smallest absolute Gasteiger partial charge is 0.266 e. The standard InChI is InChI=1S/C21H25N7O/c1-3-17(27-11-7-22-8-12-27)4-2-16(1)20-25-26-21(29-20)19-6-5-18(15-24-19)28-13-9-23-10-14-28/h1-6,15,22-23H,7-14H2. The predicted octanol–water partition coefficient (Wildman–Crippen LogP) is 1.62. The number of hydrogen-bond donors (Lipinski definition) is 2. The fourth-order valence-electron chi connectivity index (χ4n) is 3.80. The van der Waals surface area contributed by atoms with Crippen molar-refractivity contribution in [1.29, 1.82) is 0 Å². The van der Waals surface area contributed by atoms with E-state index in [2.05, 4.69) is 53.8 Å². The summed E-state index contributed by atoms with van der Waals surface area (Å²) in [6.45, 7) is 8.10. The van der Waals surface area contributed by atoms with Gasteiger partial charge in [0, 0.05) is 63.6 Å². The Morgan fingerprint density at radius 2 is 1.28 bits per heavy atom. The highest BCUT2D eigenvalue weighted by Gasteiger charge is 2.15. The van der Waals surface area contributed by atoms with Crippen LogP contribution in [-0.2, 0) is 0 Å². The third-order valence-electron chi connectivity index (χ3n) is 5.47. The van der Waals surface area contributed by atoms with Crippen LogP contribution < -0.4 is 20.4 Å². The molecule has 150 valence electrons. The molecule has 0 amide bonds. The van der Waals surface area contributed by atoms with Gasteiger partial charge in [0.15, 0.2) is 0 Å². The van der Waals surface area contributed by atoms with Crippen LogP contribution in [0.3, 0.4) is 0 Å². The van der Waals surface area contributed by atoms with E-state index in [1.807, 2.05) is 24.4 Å². The lowest BCUT2D eigenvalue weighted by atomic mass is 10.2. The van der Waals surface area contributed by atoms with Gasteiger partial charge in [-0.3, -0.25) is 0 Å². The van der Waals surface area contributed by atoms with Crippen LogP contribution >= 0.6 is 0 Å². The topological polar surface area (TPSA) is 82.4 Å². The summed E-state index contributed by atoms with van der Waals surface area (Å²) in [7, 11) is 0. The summed E-state index contributed by atoms with van der Waals surface area (Å²) in [5.41, 5.74) is 3.96. The molecular weight excluding hydrogens is 366 g/mol. The summed E-state index contributed by atoms with van der Waals surface area (Å²) >= 11 is 0. The van der Waals surface area contributed by atoms with Gasteiger partial charge in [0.25, 0.3) is 5.89 Å². The molecule has 2 aliphatic rings. The van der Waals surface area contributed by atoms with Crippen molar-refractivity contribution in [2.24, 2.45) is 0 Å². The van der Waals surface area contributed by atoms with Crippen molar-refractivity contribution < 1.29 is 4.42 Å². The lowest BCUT2D eigenvalue weighted by Gasteiger charge is -2.29. The van der Waals surface area contributed by atoms with E-state index in [0.29, 0.717) is 17.5 Å². The summed E-state index contributed by atoms with van der Waals surface area (Å²) < 4.78 is 5.89. The Labute approximate surface area is 169 Å². The summed E-state index contributed by atoms with van der Waals surface area (Å²) in [6.07, 6.45) is 1.88. The summed E-state index contributed by atoms with van der Waals surface area (Å²) in [5, 5.41) is 15.2. The summed E-state index contributed by atoms with van der Waals surface area (Å²) in [5.74, 6) is 0.956. The number of anilines is 2. The summed E-state index contributed by atoms with van der Waals surface area (Å²) in [6, 6.07) is 12.3. The molecule has 0 radical (unpaired) electrons. The zero-order chi connectivity index (χ0) is 19.5. The number of rotatable bonds is 4. The molecule has 4 heterocycles. The van der Waals surface area contributed by atoms with Gasteiger partial charge in [-0.25, -0.2) is 4.98 Å². The van der Waals surface area contributed by atoms with Gasteiger partial charge in [-0.15, -0.1) is 10.2 Å². The van der Waals surface area contributed by atoms with Gasteiger partial charge in [-0.1, -0.05) is 0 Å². The van der Waals surface area contributed by atoms with E-state index < -0.39 is 0 Å². The largest absolute Gasteiger partial charge is 0.415 e. The van der Waals surface area contributed by atoms with E-state index in [1.165, 1.54) is 5.69 Å². The Morgan fingerprint density at radius 1 is 0.690 bits per heavy atom. The van der Waals surface area contributed by atoms with E-state index in [0.717, 1.165) is 63.6 Å². The van der Waals surface area contributed by atoms with Gasteiger partial charge in [-0.2, -0.15) is 0 Å². The molecule has 3 aromatic rings. The molecule has 2 N–H and O–H groups in total. The molecule has 8 heteroatoms. The Morgan fingerprint density at radius 3 is 1.90 bits per heavy atom. The highest BCUT2D eigenvalue weighted by molar-refractivity contribution is 5.61. The molecule has 8 nitrogen and oxygen atoms in total. The number of nitrogens with zero attached hydrogens (tertiary/aromatic N) is 5. The van der Waals surface area contributed by atoms with E-state index in [9.17, 15) is 0 Å². The van der Waals surface area contributed by atoms with Crippen LogP contribution in [0.25, 0.3) is 23.0 Å². The first-order chi connectivity index (χ1) is 14.4. The van der Waals surface area contributed by atoms with Crippen molar-refractivity contribution in [2.45, 2.75) is 0 Å². The van der Waals surface area contributed by atoms with Gasteiger partial charge < -0.3 is 24.9 Å². The number of nitrogens with one attached hydrogen (secondary N) is 2. The molecule has 29 heavy (non-hydrogen) atoms. The average Bonchev–Trinajstić information content (AvgIpc) is 3.31. The second-order valence-electron chi connectivity index (χ2n) is 7.33. The van der Waals surface area contributed by atoms with Crippen molar-refractivity contribution >= 4 is 11.4 Å². The second kappa shape index (κ2) is 8.18. The van der Waals surface area contributed by atoms with E-state index in [4.69, 9.17) is 4.42 Å². The van der Waals surface area contributed by atoms with Crippen LogP contribution in [0.2, 0.25) is 0 Å². The van der Waals surface area contributed by atoms with Crippen molar-refractivity contribution in [3.05, 3.63) is 42.6 Å². The zero-order valence-electron chi connectivity index (χ0n) is 16.3. The molecule has 0 aliphatic carbocycles. The fourth-order valence-corrected chi connectivity index (χ4v) is 3.80. The molecule has 2 fully saturated rings. The SMILES string of the molecule is c1cc(N2CCNCC2)ccc1-c1nnc(-c2ccc(N3CCNCC3)cn2)o1. The minimum absolute atomic E-state index is 0.443. The number of piperazine rings is 2. The quantitative estimate of drug-likeness (QED) is 0.694. The molecule has 2 aliphatic heterocycles. The molecular formula is C21H25N7O. The van der Waals surface area contributed by atoms with Gasteiger partial charge in [0.1, 0.15) is 5.69 Å². The Kier molecular flexibility index (Phi) is 5.10. The third kappa shape index (κ3) is 3.94. The van der Waals surface area contributed by atoms with Gasteiger partial charge in [0.2, 0.25) is 5.89 Å². The highest BCUT2D eigenvalue weighted by Crippen LogP contribution is 2.26. The molecule has 2 saturated heterocycles. The highest BCUT2D eigenvalue weighted by atomic mass is 16.4. The molecule has 0 spiro atoms. The molecule has 0 saturated carbocycles. The van der Waals surface area contributed by atoms with Crippen LogP contribution in [0.4, 0.5) is 11.4 Å². The Bertz CT molecular complexity index is 850. The van der Waals surface area contributed by atoms with Gasteiger partial charge in [0.05, 0.1) is 11.9 Å². The lowest BCUT2D eigenvalue weighted by Crippen LogP contribution is -2.43. The second-order valence-corrected chi connectivity index (χ2v) is 7.33. The normalized spacial score (nSPS) is 17.5. The first-order valence-corrected chi connectivity index (χ1v) is 10.2. The number of pyridine rings is 1. The van der Waals surface area contributed by atoms with Crippen molar-refractivity contribution in [3.63, 3.8) is 0 Å². The third-order valence-corrected chi connectivity index (χ3v) is 5.47. The first-order valence-electron chi connectivity index (χ1n) is 10.2. The van der Waals surface area contributed by atoms with Crippen LogP contribution in [0.5, 0.6) is 0 Å². The Balaban J connectivity index is 1.30. The molecule has 1 aromatic carbocycles. The van der Waals surface area contributed by atoms with Gasteiger partial charge in [-0.05, 0) is 36.4 Å². The van der Waals surface area contributed by atoms with Crippen molar-refractivity contribution in [3.8, 4) is 23.0 Å². The minimum atomic E-state index is 0.443. The predicted molar refractivity (Wildman–Crippen MR) is 113 cm³/mol. The van der Waals surface area contributed by atoms with E-state index in [-0.39, 0.29) is 0 Å². The van der Waals surface area contributed by atoms with E-state index in [1.54, 1.807) is 0 Å². The maximum Gasteiger partial charge on any atom is 0.266 e. The maximum atomic E-state index is 5.89. The summed E-state index contributed by atoms with van der Waals surface area (Å²) in [4.78, 5) is 9.24. The van der Waals surface area contributed by atoms with Crippen LogP contribution in [0, 0.1) is 0 Å². The molecule has 2 aromatic heterocycles. The van der Waals surface area contributed by atoms with Crippen molar-refractivity contribution in [2.75, 3.05) is 62.2 Å². The van der Waals surface area contributed by atoms with Crippen LogP contribution in [0.15, 0.2) is 47.0 Å². The number of benzene rings is 1. The maximum absolute atomic E-state index is 5.89. The molecule has 0 bridgehead atoms. The van der Waals surface area contributed by atoms with Crippen LogP contribution in [0.1, 0.15) is 0 Å². The number of aromatic nitrogens is 3. The molecule has 5 rings (SSSR count). The van der Waals surface area contributed by atoms with Gasteiger partial charge >= 0.3 is 0 Å². The zero-order valence-corrected chi connectivity index (χ0v) is 16.3. The first kappa shape index (κ1) is 18.1. The minimum Gasteiger partial charge on any atom is -0.415 e. The Hall–Kier alpha value is -2.97.